The Morgan fingerprint density at radius 3 is 2.03 bits per heavy atom. The highest BCUT2D eigenvalue weighted by Crippen LogP contribution is 2.43. The Kier molecular flexibility index (Phi) is 11.9. The summed E-state index contributed by atoms with van der Waals surface area (Å²) >= 11 is 0. The van der Waals surface area contributed by atoms with Crippen molar-refractivity contribution in [3.63, 3.8) is 0 Å². The Hall–Kier alpha value is -0.326. The fourth-order valence-corrected chi connectivity index (χ4v) is 6.94. The van der Waals surface area contributed by atoms with Crippen molar-refractivity contribution >= 4 is 32.5 Å². The summed E-state index contributed by atoms with van der Waals surface area (Å²) < 4.78 is 42.1. The lowest BCUT2D eigenvalue weighted by molar-refractivity contribution is -0.121. The Balaban J connectivity index is 3.31. The van der Waals surface area contributed by atoms with Crippen LogP contribution in [0.5, 0.6) is 0 Å². The lowest BCUT2D eigenvalue weighted by Gasteiger charge is -2.40. The smallest absolute Gasteiger partial charge is 0.264 e. The Labute approximate surface area is 224 Å². The minimum absolute atomic E-state index is 0.000210. The van der Waals surface area contributed by atoms with E-state index in [2.05, 4.69) is 86.8 Å². The van der Waals surface area contributed by atoms with Gasteiger partial charge in [-0.15, -0.1) is 0 Å². The zero-order valence-corrected chi connectivity index (χ0v) is 27.9. The zero-order valence-electron chi connectivity index (χ0n) is 25.1. The third kappa shape index (κ3) is 10.1. The second-order valence-electron chi connectivity index (χ2n) is 13.6. The molecule has 1 rings (SSSR count). The fraction of sp³-hybridized carbons (Fsp3) is 0.889. The molecular formula is C27H54O6SSi2. The van der Waals surface area contributed by atoms with Crippen molar-refractivity contribution in [1.29, 1.82) is 0 Å². The molecule has 0 aromatic carbocycles. The molecule has 9 heteroatoms. The average molecular weight is 563 g/mol. The van der Waals surface area contributed by atoms with E-state index in [-0.39, 0.29) is 47.0 Å². The summed E-state index contributed by atoms with van der Waals surface area (Å²) in [7, 11) is -7.80. The van der Waals surface area contributed by atoms with Crippen LogP contribution in [-0.4, -0.2) is 55.9 Å². The molecule has 1 aliphatic rings. The van der Waals surface area contributed by atoms with Crippen LogP contribution in [0.15, 0.2) is 12.2 Å². The van der Waals surface area contributed by atoms with E-state index >= 15 is 0 Å². The molecule has 0 spiro atoms. The molecule has 0 aromatic rings. The topological polar surface area (TPSA) is 78.9 Å². The molecule has 4 atom stereocenters. The van der Waals surface area contributed by atoms with Gasteiger partial charge in [-0.05, 0) is 42.7 Å². The summed E-state index contributed by atoms with van der Waals surface area (Å²) in [4.78, 5) is 13.1. The van der Waals surface area contributed by atoms with Crippen molar-refractivity contribution < 1.29 is 26.2 Å². The van der Waals surface area contributed by atoms with Crippen molar-refractivity contribution in [2.45, 2.75) is 129 Å². The van der Waals surface area contributed by atoms with Crippen molar-refractivity contribution in [3.05, 3.63) is 12.2 Å². The molecule has 0 bridgehead atoms. The molecule has 6 nitrogen and oxygen atoms in total. The molecule has 1 aliphatic carbocycles. The van der Waals surface area contributed by atoms with Crippen LogP contribution in [0, 0.1) is 11.8 Å². The zero-order chi connectivity index (χ0) is 28.2. The van der Waals surface area contributed by atoms with E-state index in [4.69, 9.17) is 13.0 Å². The van der Waals surface area contributed by atoms with Gasteiger partial charge in [0.05, 0.1) is 31.0 Å². The third-order valence-electron chi connectivity index (χ3n) is 8.32. The van der Waals surface area contributed by atoms with Crippen LogP contribution in [-0.2, 0) is 27.9 Å². The molecule has 1 fully saturated rings. The molecule has 0 heterocycles. The number of ketones is 1. The van der Waals surface area contributed by atoms with Gasteiger partial charge in [0.2, 0.25) is 0 Å². The van der Waals surface area contributed by atoms with Crippen LogP contribution >= 0.6 is 0 Å². The predicted octanol–water partition coefficient (Wildman–Crippen LogP) is 7.09. The molecule has 0 aliphatic heterocycles. The number of hydrogen-bond donors (Lipinski definition) is 0. The predicted molar refractivity (Wildman–Crippen MR) is 155 cm³/mol. The number of unbranched alkanes of at least 4 members (excludes halogenated alkanes) is 2. The second kappa shape index (κ2) is 12.7. The molecule has 0 amide bonds. The Morgan fingerprint density at radius 2 is 1.56 bits per heavy atom. The van der Waals surface area contributed by atoms with E-state index < -0.39 is 32.7 Å². The van der Waals surface area contributed by atoms with E-state index in [1.54, 1.807) is 0 Å². The summed E-state index contributed by atoms with van der Waals surface area (Å²) in [6.07, 6.45) is 9.46. The largest absolute Gasteiger partial charge is 0.413 e. The first-order valence-electron chi connectivity index (χ1n) is 13.5. The van der Waals surface area contributed by atoms with E-state index in [1.165, 1.54) is 0 Å². The minimum atomic E-state index is -3.65. The van der Waals surface area contributed by atoms with Crippen LogP contribution in [0.3, 0.4) is 0 Å². The molecule has 36 heavy (non-hydrogen) atoms. The number of carbonyl (C=O) groups excluding carboxylic acids is 1. The summed E-state index contributed by atoms with van der Waals surface area (Å²) in [5.74, 6) is -0.787. The minimum Gasteiger partial charge on any atom is -0.413 e. The van der Waals surface area contributed by atoms with Gasteiger partial charge in [0.25, 0.3) is 10.1 Å². The highest BCUT2D eigenvalue weighted by molar-refractivity contribution is 7.85. The van der Waals surface area contributed by atoms with Crippen molar-refractivity contribution in [2.24, 2.45) is 11.8 Å². The van der Waals surface area contributed by atoms with Gasteiger partial charge in [-0.1, -0.05) is 79.9 Å². The Morgan fingerprint density at radius 1 is 1.00 bits per heavy atom. The van der Waals surface area contributed by atoms with Crippen LogP contribution in [0.25, 0.3) is 0 Å². The maximum absolute atomic E-state index is 13.1. The molecule has 0 unspecified atom stereocenters. The van der Waals surface area contributed by atoms with Crippen LogP contribution in [0.2, 0.25) is 36.3 Å². The molecule has 0 aromatic heterocycles. The summed E-state index contributed by atoms with van der Waals surface area (Å²) in [5.41, 5.74) is 0. The number of Topliss-reactive ketones (excluding diaryl/α,β-unsaturated/α-hetero) is 1. The maximum Gasteiger partial charge on any atom is 0.264 e. The molecule has 1 saturated carbocycles. The van der Waals surface area contributed by atoms with E-state index in [9.17, 15) is 13.2 Å². The third-order valence-corrected chi connectivity index (χ3v) is 17.9. The van der Waals surface area contributed by atoms with Crippen molar-refractivity contribution in [2.75, 3.05) is 12.9 Å². The number of rotatable bonds is 13. The number of hydrogen-bond acceptors (Lipinski definition) is 6. The van der Waals surface area contributed by atoms with Crippen LogP contribution in [0.1, 0.15) is 80.6 Å². The molecular weight excluding hydrogens is 509 g/mol. The maximum atomic E-state index is 13.1. The van der Waals surface area contributed by atoms with E-state index in [1.807, 2.05) is 0 Å². The van der Waals surface area contributed by atoms with E-state index in [0.29, 0.717) is 0 Å². The van der Waals surface area contributed by atoms with E-state index in [0.717, 1.165) is 31.9 Å². The van der Waals surface area contributed by atoms with Gasteiger partial charge in [0, 0.05) is 12.3 Å². The monoisotopic (exact) mass is 562 g/mol. The highest BCUT2D eigenvalue weighted by atomic mass is 32.2. The van der Waals surface area contributed by atoms with Gasteiger partial charge in [-0.3, -0.25) is 8.98 Å². The fourth-order valence-electron chi connectivity index (χ4n) is 3.89. The van der Waals surface area contributed by atoms with Crippen molar-refractivity contribution in [3.8, 4) is 0 Å². The molecule has 0 N–H and O–H groups in total. The molecule has 0 radical (unpaired) electrons. The standard InChI is InChI=1S/C27H54O6SSi2/c1-13-14-15-16-21(32-35(9,10)26(2,3)4)17-18-22-23(20-31-34(8,29)30)24(28)19-25(22)33-36(11,12)27(5,6)7/h17-18,21-23,25H,13-16,19-20H2,1-12H3/t21-,22-,23-,25-/m0/s1. The van der Waals surface area contributed by atoms with Gasteiger partial charge in [0.1, 0.15) is 5.78 Å². The molecule has 212 valence electrons. The van der Waals surface area contributed by atoms with Gasteiger partial charge in [-0.2, -0.15) is 8.42 Å². The first-order chi connectivity index (χ1) is 16.1. The van der Waals surface area contributed by atoms with Crippen molar-refractivity contribution in [1.82, 2.24) is 0 Å². The van der Waals surface area contributed by atoms with Crippen LogP contribution < -0.4 is 0 Å². The summed E-state index contributed by atoms with van der Waals surface area (Å²) in [6.45, 7) is 24.2. The first kappa shape index (κ1) is 33.7. The van der Waals surface area contributed by atoms with Gasteiger partial charge in [-0.25, -0.2) is 0 Å². The number of carbonyl (C=O) groups is 1. The van der Waals surface area contributed by atoms with Gasteiger partial charge in [0.15, 0.2) is 16.6 Å². The highest BCUT2D eigenvalue weighted by Gasteiger charge is 2.47. The Bertz CT molecular complexity index is 852. The average Bonchev–Trinajstić information content (AvgIpc) is 2.95. The van der Waals surface area contributed by atoms with Crippen LogP contribution in [0.4, 0.5) is 0 Å². The normalized spacial score (nSPS) is 23.6. The quantitative estimate of drug-likeness (QED) is 0.103. The lowest BCUT2D eigenvalue weighted by Crippen LogP contribution is -2.45. The summed E-state index contributed by atoms with van der Waals surface area (Å²) in [5, 5.41) is 0.0901. The van der Waals surface area contributed by atoms with Gasteiger partial charge < -0.3 is 8.85 Å². The summed E-state index contributed by atoms with van der Waals surface area (Å²) in [6, 6.07) is 0. The SMILES string of the molecule is CCCCC[C@@H](C=C[C@@H]1[C@@H](O[Si](C)(C)C(C)(C)C)CC(=O)[C@H]1COS(C)(=O)=O)O[Si](C)(C)C(C)(C)C. The van der Waals surface area contributed by atoms with Gasteiger partial charge >= 0.3 is 0 Å². The lowest BCUT2D eigenvalue weighted by atomic mass is 9.94. The molecule has 0 saturated heterocycles. The second-order valence-corrected chi connectivity index (χ2v) is 24.7. The first-order valence-corrected chi connectivity index (χ1v) is 21.2.